The number of fused-ring (bicyclic) bond motifs is 11. The molecule has 52 heavy (non-hydrogen) atoms. The molecule has 8 aromatic carbocycles. The van der Waals surface area contributed by atoms with Crippen molar-refractivity contribution in [1.29, 1.82) is 0 Å². The highest BCUT2D eigenvalue weighted by Gasteiger charge is 2.25. The van der Waals surface area contributed by atoms with Crippen molar-refractivity contribution in [2.75, 3.05) is 0 Å². The molecule has 11 rings (SSSR count). The molecule has 0 aliphatic rings. The minimum atomic E-state index is 0.647. The lowest BCUT2D eigenvalue weighted by atomic mass is 9.98. The largest absolute Gasteiger partial charge is 0.307 e. The Hall–Kier alpha value is -7.04. The maximum atomic E-state index is 5.50. The number of hydrogen-bond donors (Lipinski definition) is 0. The Balaban J connectivity index is 1.31. The number of nitrogens with zero attached hydrogens (tertiary/aromatic N) is 4. The first kappa shape index (κ1) is 28.8. The third-order valence-electron chi connectivity index (χ3n) is 10.5. The number of rotatable bonds is 4. The molecule has 4 heteroatoms. The number of benzene rings is 8. The third kappa shape index (κ3) is 4.15. The second-order valence-corrected chi connectivity index (χ2v) is 13.4. The molecule has 0 aliphatic heterocycles. The van der Waals surface area contributed by atoms with Gasteiger partial charge in [0.1, 0.15) is 0 Å². The zero-order valence-corrected chi connectivity index (χ0v) is 28.1. The lowest BCUT2D eigenvalue weighted by Gasteiger charge is -2.15. The topological polar surface area (TPSA) is 35.6 Å². The lowest BCUT2D eigenvalue weighted by Crippen LogP contribution is -2.05. The summed E-state index contributed by atoms with van der Waals surface area (Å²) in [6.45, 7) is 0. The van der Waals surface area contributed by atoms with Crippen LogP contribution in [0, 0.1) is 0 Å². The molecule has 0 amide bonds. The minimum absolute atomic E-state index is 0.647. The van der Waals surface area contributed by atoms with Crippen LogP contribution in [0.3, 0.4) is 0 Å². The van der Waals surface area contributed by atoms with E-state index in [2.05, 4.69) is 191 Å². The Morgan fingerprint density at radius 2 is 0.788 bits per heavy atom. The average molecular weight is 663 g/mol. The van der Waals surface area contributed by atoms with E-state index in [-0.39, 0.29) is 0 Å². The maximum Gasteiger partial charge on any atom is 0.235 e. The van der Waals surface area contributed by atoms with E-state index < -0.39 is 0 Å². The van der Waals surface area contributed by atoms with Crippen LogP contribution in [-0.2, 0) is 0 Å². The van der Waals surface area contributed by atoms with Gasteiger partial charge in [0.15, 0.2) is 0 Å². The third-order valence-corrected chi connectivity index (χ3v) is 10.5. The van der Waals surface area contributed by atoms with Gasteiger partial charge in [0.2, 0.25) is 5.95 Å². The molecule has 242 valence electrons. The monoisotopic (exact) mass is 662 g/mol. The molecule has 0 spiro atoms. The van der Waals surface area contributed by atoms with E-state index in [1.807, 2.05) is 0 Å². The fourth-order valence-electron chi connectivity index (χ4n) is 8.28. The fourth-order valence-corrected chi connectivity index (χ4v) is 8.28. The van der Waals surface area contributed by atoms with Crippen LogP contribution in [0.5, 0.6) is 0 Å². The first-order chi connectivity index (χ1) is 25.8. The van der Waals surface area contributed by atoms with E-state index in [1.165, 1.54) is 43.4 Å². The van der Waals surface area contributed by atoms with Gasteiger partial charge in [0.05, 0.1) is 33.3 Å². The molecule has 0 N–H and O–H groups in total. The van der Waals surface area contributed by atoms with Crippen molar-refractivity contribution in [2.24, 2.45) is 0 Å². The normalized spacial score (nSPS) is 11.8. The molecule has 0 radical (unpaired) electrons. The highest BCUT2D eigenvalue weighted by molar-refractivity contribution is 6.36. The summed E-state index contributed by atoms with van der Waals surface area (Å²) in [4.78, 5) is 10.9. The lowest BCUT2D eigenvalue weighted by molar-refractivity contribution is 1.01. The first-order valence-corrected chi connectivity index (χ1v) is 17.7. The van der Waals surface area contributed by atoms with Crippen LogP contribution in [0.2, 0.25) is 0 Å². The van der Waals surface area contributed by atoms with Gasteiger partial charge in [-0.05, 0) is 52.2 Å². The molecular weight excluding hydrogens is 633 g/mol. The van der Waals surface area contributed by atoms with E-state index in [1.54, 1.807) is 0 Å². The van der Waals surface area contributed by atoms with Gasteiger partial charge in [-0.3, -0.25) is 4.57 Å². The van der Waals surface area contributed by atoms with Crippen molar-refractivity contribution in [3.05, 3.63) is 182 Å². The van der Waals surface area contributed by atoms with Crippen molar-refractivity contribution in [2.45, 2.75) is 0 Å². The van der Waals surface area contributed by atoms with E-state index in [4.69, 9.17) is 9.97 Å². The zero-order chi connectivity index (χ0) is 34.2. The number of aromatic nitrogens is 4. The van der Waals surface area contributed by atoms with Crippen LogP contribution in [-0.4, -0.2) is 19.1 Å². The molecule has 4 nitrogen and oxygen atoms in total. The van der Waals surface area contributed by atoms with Gasteiger partial charge in [-0.15, -0.1) is 0 Å². The van der Waals surface area contributed by atoms with Crippen molar-refractivity contribution in [3.63, 3.8) is 0 Å². The molecule has 0 saturated heterocycles. The molecule has 0 aliphatic carbocycles. The summed E-state index contributed by atoms with van der Waals surface area (Å²) >= 11 is 0. The molecule has 3 aromatic heterocycles. The SMILES string of the molecule is c1ccc(-c2ccc(-c3nc(-n4c5ccccc5c5c6ccccc6c6c7ccccc7n(-c7ccccc7)c6c54)nc4ccccc34)cc2)cc1. The van der Waals surface area contributed by atoms with Crippen molar-refractivity contribution in [3.8, 4) is 34.0 Å². The van der Waals surface area contributed by atoms with Crippen LogP contribution < -0.4 is 0 Å². The van der Waals surface area contributed by atoms with Crippen molar-refractivity contribution in [1.82, 2.24) is 19.1 Å². The summed E-state index contributed by atoms with van der Waals surface area (Å²) in [6.07, 6.45) is 0. The van der Waals surface area contributed by atoms with Gasteiger partial charge in [-0.2, -0.15) is 0 Å². The van der Waals surface area contributed by atoms with E-state index in [0.717, 1.165) is 49.9 Å². The predicted octanol–water partition coefficient (Wildman–Crippen LogP) is 12.3. The van der Waals surface area contributed by atoms with Crippen LogP contribution in [0.4, 0.5) is 0 Å². The fraction of sp³-hybridized carbons (Fsp3) is 0. The minimum Gasteiger partial charge on any atom is -0.307 e. The smallest absolute Gasteiger partial charge is 0.235 e. The second-order valence-electron chi connectivity index (χ2n) is 13.4. The summed E-state index contributed by atoms with van der Waals surface area (Å²) in [5.41, 5.74) is 10.8. The van der Waals surface area contributed by atoms with Gasteiger partial charge >= 0.3 is 0 Å². The van der Waals surface area contributed by atoms with Gasteiger partial charge in [-0.25, -0.2) is 9.97 Å². The molecule has 0 fully saturated rings. The van der Waals surface area contributed by atoms with Crippen molar-refractivity contribution < 1.29 is 0 Å². The Morgan fingerprint density at radius 1 is 0.327 bits per heavy atom. The molecular formula is C48H30N4. The summed E-state index contributed by atoms with van der Waals surface area (Å²) in [5.74, 6) is 0.647. The first-order valence-electron chi connectivity index (χ1n) is 17.7. The Bertz CT molecular complexity index is 3160. The number of para-hydroxylation sites is 4. The summed E-state index contributed by atoms with van der Waals surface area (Å²) in [7, 11) is 0. The average Bonchev–Trinajstić information content (AvgIpc) is 3.75. The summed E-state index contributed by atoms with van der Waals surface area (Å²) < 4.78 is 4.74. The Labute approximate surface area is 299 Å². The molecule has 11 aromatic rings. The van der Waals surface area contributed by atoms with Crippen LogP contribution in [0.15, 0.2) is 182 Å². The van der Waals surface area contributed by atoms with Gasteiger partial charge in [-0.1, -0.05) is 152 Å². The molecule has 0 saturated carbocycles. The highest BCUT2D eigenvalue weighted by Crippen LogP contribution is 2.46. The summed E-state index contributed by atoms with van der Waals surface area (Å²) in [6, 6.07) is 64.7. The highest BCUT2D eigenvalue weighted by atomic mass is 15.2. The van der Waals surface area contributed by atoms with E-state index >= 15 is 0 Å². The second kappa shape index (κ2) is 11.2. The standard InChI is InChI=1S/C48H30N4/c1-3-15-31(16-4-1)32-27-29-33(30-28-32)45-37-21-9-12-24-40(37)49-48(50-45)52-42-26-14-11-23-39(42)44-36-20-8-7-19-35(36)43-38-22-10-13-25-41(38)51(46(43)47(44)52)34-17-5-2-6-18-34/h1-30H. The Kier molecular flexibility index (Phi) is 6.22. The quantitative estimate of drug-likeness (QED) is 0.188. The summed E-state index contributed by atoms with van der Waals surface area (Å²) in [5, 5.41) is 8.29. The molecule has 0 unspecified atom stereocenters. The Morgan fingerprint density at radius 3 is 1.44 bits per heavy atom. The van der Waals surface area contributed by atoms with Gasteiger partial charge < -0.3 is 4.57 Å². The van der Waals surface area contributed by atoms with Crippen LogP contribution in [0.25, 0.3) is 99.3 Å². The predicted molar refractivity (Wildman–Crippen MR) is 217 cm³/mol. The van der Waals surface area contributed by atoms with E-state index in [9.17, 15) is 0 Å². The van der Waals surface area contributed by atoms with Crippen LogP contribution >= 0.6 is 0 Å². The molecule has 0 atom stereocenters. The zero-order valence-electron chi connectivity index (χ0n) is 28.1. The molecule has 3 heterocycles. The van der Waals surface area contributed by atoms with Crippen LogP contribution in [0.1, 0.15) is 0 Å². The number of hydrogen-bond acceptors (Lipinski definition) is 2. The van der Waals surface area contributed by atoms with Crippen molar-refractivity contribution >= 4 is 65.3 Å². The van der Waals surface area contributed by atoms with E-state index in [0.29, 0.717) is 5.95 Å². The van der Waals surface area contributed by atoms with Gasteiger partial charge in [0, 0.05) is 38.2 Å². The van der Waals surface area contributed by atoms with Gasteiger partial charge in [0.25, 0.3) is 0 Å². The maximum absolute atomic E-state index is 5.50. The molecule has 0 bridgehead atoms.